The maximum absolute atomic E-state index is 12.1. The first-order valence-electron chi connectivity index (χ1n) is 9.29. The first-order chi connectivity index (χ1) is 12.7. The summed E-state index contributed by atoms with van der Waals surface area (Å²) in [6.07, 6.45) is 1.71. The van der Waals surface area contributed by atoms with E-state index in [1.165, 1.54) is 10.5 Å². The molecule has 2 aromatic rings. The molecule has 136 valence electrons. The third kappa shape index (κ3) is 5.51. The summed E-state index contributed by atoms with van der Waals surface area (Å²) in [6.45, 7) is 7.84. The van der Waals surface area contributed by atoms with Crippen molar-refractivity contribution in [1.82, 2.24) is 5.43 Å². The van der Waals surface area contributed by atoms with Crippen molar-refractivity contribution >= 4 is 12.1 Å². The number of nitrogens with zero attached hydrogens (tertiary/aromatic N) is 1. The average Bonchev–Trinajstić information content (AvgIpc) is 2.66. The lowest BCUT2D eigenvalue weighted by atomic mass is 10.1. The van der Waals surface area contributed by atoms with Crippen LogP contribution in [0.2, 0.25) is 0 Å². The third-order valence-electron chi connectivity index (χ3n) is 4.95. The van der Waals surface area contributed by atoms with Crippen LogP contribution in [0.3, 0.4) is 0 Å². The van der Waals surface area contributed by atoms with Crippen molar-refractivity contribution in [2.45, 2.75) is 13.5 Å². The number of rotatable bonds is 6. The topological polar surface area (TPSA) is 50.3 Å². The van der Waals surface area contributed by atoms with Gasteiger partial charge in [0.15, 0.2) is 6.54 Å². The Labute approximate surface area is 155 Å². The summed E-state index contributed by atoms with van der Waals surface area (Å²) < 4.78 is 0. The molecule has 0 aromatic heterocycles. The Kier molecular flexibility index (Phi) is 6.52. The SMILES string of the molecule is Cc1ccccc1/C=N\NC(=O)C[NH+]1CC[NH+](Cc2ccccc2)CC1. The highest BCUT2D eigenvalue weighted by Crippen LogP contribution is 2.02. The molecular formula is C21H28N4O+2. The van der Waals surface area contributed by atoms with E-state index in [0.717, 1.165) is 43.9 Å². The Bertz CT molecular complexity index is 737. The van der Waals surface area contributed by atoms with Crippen LogP contribution < -0.4 is 15.2 Å². The van der Waals surface area contributed by atoms with Crippen molar-refractivity contribution in [2.75, 3.05) is 32.7 Å². The Hall–Kier alpha value is -2.50. The Morgan fingerprint density at radius 2 is 1.65 bits per heavy atom. The van der Waals surface area contributed by atoms with Gasteiger partial charge in [-0.2, -0.15) is 5.10 Å². The van der Waals surface area contributed by atoms with Crippen LogP contribution in [0.25, 0.3) is 0 Å². The van der Waals surface area contributed by atoms with Gasteiger partial charge < -0.3 is 9.80 Å². The molecule has 0 bridgehead atoms. The third-order valence-corrected chi connectivity index (χ3v) is 4.95. The van der Waals surface area contributed by atoms with Crippen LogP contribution in [-0.4, -0.2) is 44.8 Å². The Morgan fingerprint density at radius 1 is 1.00 bits per heavy atom. The van der Waals surface area contributed by atoms with Crippen molar-refractivity contribution < 1.29 is 14.6 Å². The van der Waals surface area contributed by atoms with E-state index in [1.54, 1.807) is 11.1 Å². The van der Waals surface area contributed by atoms with Crippen LogP contribution in [-0.2, 0) is 11.3 Å². The van der Waals surface area contributed by atoms with Crippen molar-refractivity contribution in [3.8, 4) is 0 Å². The van der Waals surface area contributed by atoms with Crippen molar-refractivity contribution in [2.24, 2.45) is 5.10 Å². The van der Waals surface area contributed by atoms with Crippen LogP contribution in [0.15, 0.2) is 59.7 Å². The predicted octanol–water partition coefficient (Wildman–Crippen LogP) is -0.571. The number of carbonyl (C=O) groups excluding carboxylic acids is 1. The molecule has 2 aromatic carbocycles. The minimum absolute atomic E-state index is 0.0173. The number of nitrogens with one attached hydrogen (secondary N) is 3. The summed E-state index contributed by atoms with van der Waals surface area (Å²) in [7, 11) is 0. The fourth-order valence-electron chi connectivity index (χ4n) is 3.37. The largest absolute Gasteiger partial charge is 0.322 e. The summed E-state index contributed by atoms with van der Waals surface area (Å²) >= 11 is 0. The summed E-state index contributed by atoms with van der Waals surface area (Å²) in [5, 5.41) is 4.10. The number of benzene rings is 2. The average molecular weight is 352 g/mol. The number of hydrogen-bond acceptors (Lipinski definition) is 2. The number of hydrazone groups is 1. The molecular weight excluding hydrogens is 324 g/mol. The molecule has 1 amide bonds. The molecule has 0 aliphatic carbocycles. The van der Waals surface area contributed by atoms with Crippen molar-refractivity contribution in [1.29, 1.82) is 0 Å². The zero-order valence-corrected chi connectivity index (χ0v) is 15.4. The van der Waals surface area contributed by atoms with E-state index in [4.69, 9.17) is 0 Å². The fraction of sp³-hybridized carbons (Fsp3) is 0.333. The number of aryl methyl sites for hydroxylation is 1. The smallest absolute Gasteiger partial charge is 0.295 e. The van der Waals surface area contributed by atoms with E-state index in [1.807, 2.05) is 31.2 Å². The van der Waals surface area contributed by atoms with Crippen molar-refractivity contribution in [3.05, 3.63) is 71.3 Å². The number of piperazine rings is 1. The number of quaternary nitrogens is 2. The van der Waals surface area contributed by atoms with Crippen LogP contribution in [0.1, 0.15) is 16.7 Å². The van der Waals surface area contributed by atoms with Gasteiger partial charge in [-0.15, -0.1) is 0 Å². The molecule has 1 aliphatic heterocycles. The molecule has 1 aliphatic rings. The van der Waals surface area contributed by atoms with Gasteiger partial charge in [-0.25, -0.2) is 5.43 Å². The fourth-order valence-corrected chi connectivity index (χ4v) is 3.37. The highest BCUT2D eigenvalue weighted by molar-refractivity contribution is 5.83. The summed E-state index contributed by atoms with van der Waals surface area (Å²) in [6, 6.07) is 18.6. The molecule has 0 radical (unpaired) electrons. The van der Waals surface area contributed by atoms with Gasteiger partial charge in [0.2, 0.25) is 0 Å². The molecule has 0 unspecified atom stereocenters. The van der Waals surface area contributed by atoms with Gasteiger partial charge in [-0.1, -0.05) is 54.6 Å². The highest BCUT2D eigenvalue weighted by atomic mass is 16.2. The second kappa shape index (κ2) is 9.27. The number of carbonyl (C=O) groups is 1. The lowest BCUT2D eigenvalue weighted by Crippen LogP contribution is -3.28. The first kappa shape index (κ1) is 18.3. The van der Waals surface area contributed by atoms with E-state index < -0.39 is 0 Å². The summed E-state index contributed by atoms with van der Waals surface area (Å²) in [4.78, 5) is 15.0. The van der Waals surface area contributed by atoms with Gasteiger partial charge in [0.05, 0.1) is 6.21 Å². The molecule has 3 rings (SSSR count). The minimum Gasteiger partial charge on any atom is -0.322 e. The van der Waals surface area contributed by atoms with Gasteiger partial charge in [0.1, 0.15) is 32.7 Å². The van der Waals surface area contributed by atoms with E-state index in [0.29, 0.717) is 6.54 Å². The van der Waals surface area contributed by atoms with Crippen LogP contribution in [0, 0.1) is 6.92 Å². The molecule has 5 nitrogen and oxygen atoms in total. The number of amides is 1. The van der Waals surface area contributed by atoms with Gasteiger partial charge in [-0.3, -0.25) is 4.79 Å². The van der Waals surface area contributed by atoms with Crippen LogP contribution in [0.5, 0.6) is 0 Å². The number of hydrogen-bond donors (Lipinski definition) is 3. The molecule has 0 spiro atoms. The van der Waals surface area contributed by atoms with Crippen LogP contribution in [0.4, 0.5) is 0 Å². The molecule has 1 heterocycles. The van der Waals surface area contributed by atoms with Crippen LogP contribution >= 0.6 is 0 Å². The second-order valence-electron chi connectivity index (χ2n) is 6.99. The summed E-state index contributed by atoms with van der Waals surface area (Å²) in [5.74, 6) is -0.0173. The normalized spacial score (nSPS) is 20.2. The molecule has 3 N–H and O–H groups in total. The van der Waals surface area contributed by atoms with Gasteiger partial charge in [0.25, 0.3) is 5.91 Å². The molecule has 1 fully saturated rings. The Morgan fingerprint density at radius 3 is 2.38 bits per heavy atom. The zero-order chi connectivity index (χ0) is 18.2. The van der Waals surface area contributed by atoms with E-state index >= 15 is 0 Å². The lowest BCUT2D eigenvalue weighted by molar-refractivity contribution is -1.02. The highest BCUT2D eigenvalue weighted by Gasteiger charge is 2.24. The monoisotopic (exact) mass is 352 g/mol. The molecule has 0 saturated carbocycles. The predicted molar refractivity (Wildman–Crippen MR) is 103 cm³/mol. The molecule has 5 heteroatoms. The van der Waals surface area contributed by atoms with E-state index in [-0.39, 0.29) is 5.91 Å². The standard InChI is InChI=1S/C21H26N4O/c1-18-7-5-6-10-20(18)15-22-23-21(26)17-25-13-11-24(12-14-25)16-19-8-3-2-4-9-19/h2-10,15H,11-14,16-17H2,1H3,(H,23,26)/p+2/b22-15-. The molecule has 1 saturated heterocycles. The van der Waals surface area contributed by atoms with E-state index in [2.05, 4.69) is 40.9 Å². The van der Waals surface area contributed by atoms with Gasteiger partial charge in [0, 0.05) is 5.56 Å². The van der Waals surface area contributed by atoms with Gasteiger partial charge >= 0.3 is 0 Å². The second-order valence-corrected chi connectivity index (χ2v) is 6.99. The molecule has 26 heavy (non-hydrogen) atoms. The van der Waals surface area contributed by atoms with Crippen molar-refractivity contribution in [3.63, 3.8) is 0 Å². The maximum Gasteiger partial charge on any atom is 0.295 e. The van der Waals surface area contributed by atoms with E-state index in [9.17, 15) is 4.79 Å². The molecule has 0 atom stereocenters. The zero-order valence-electron chi connectivity index (χ0n) is 15.4. The first-order valence-corrected chi connectivity index (χ1v) is 9.29. The maximum atomic E-state index is 12.1. The minimum atomic E-state index is -0.0173. The summed E-state index contributed by atoms with van der Waals surface area (Å²) in [5.41, 5.74) is 6.22. The quantitative estimate of drug-likeness (QED) is 0.473. The Balaban J connectivity index is 1.39. The van der Waals surface area contributed by atoms with Gasteiger partial charge in [-0.05, 0) is 18.1 Å². The lowest BCUT2D eigenvalue weighted by Gasteiger charge is -2.29.